The molecule has 0 amide bonds. The van der Waals surface area contributed by atoms with E-state index >= 15 is 0 Å². The van der Waals surface area contributed by atoms with Gasteiger partial charge in [-0.1, -0.05) is 85.5 Å². The van der Waals surface area contributed by atoms with Crippen molar-refractivity contribution in [3.05, 3.63) is 106 Å². The zero-order valence-electron chi connectivity index (χ0n) is 26.9. The van der Waals surface area contributed by atoms with Crippen molar-refractivity contribution < 1.29 is 34.1 Å². The van der Waals surface area contributed by atoms with Gasteiger partial charge in [-0.05, 0) is 67.2 Å². The monoisotopic (exact) mass is 640 g/mol. The van der Waals surface area contributed by atoms with Crippen LogP contribution in [0.5, 0.6) is 0 Å². The molecule has 2 heterocycles. The Hall–Kier alpha value is -4.05. The molecule has 9 nitrogen and oxygen atoms in total. The van der Waals surface area contributed by atoms with Gasteiger partial charge in [-0.15, -0.1) is 0 Å². The van der Waals surface area contributed by atoms with Crippen LogP contribution in [0.3, 0.4) is 0 Å². The van der Waals surface area contributed by atoms with Gasteiger partial charge >= 0.3 is 5.97 Å². The summed E-state index contributed by atoms with van der Waals surface area (Å²) < 4.78 is 11.6. The summed E-state index contributed by atoms with van der Waals surface area (Å²) in [6.07, 6.45) is 9.86. The number of ketones is 2. The second kappa shape index (κ2) is 13.2. The van der Waals surface area contributed by atoms with Gasteiger partial charge in [0.05, 0.1) is 18.5 Å². The third kappa shape index (κ3) is 5.96. The first kappa shape index (κ1) is 32.9. The van der Waals surface area contributed by atoms with Crippen molar-refractivity contribution in [1.29, 1.82) is 0 Å². The first-order valence-electron chi connectivity index (χ1n) is 16.6. The summed E-state index contributed by atoms with van der Waals surface area (Å²) in [4.78, 5) is 42.0. The number of aliphatic hydroxyl groups is 2. The van der Waals surface area contributed by atoms with Gasteiger partial charge in [0, 0.05) is 24.1 Å². The van der Waals surface area contributed by atoms with E-state index in [9.17, 15) is 24.6 Å². The van der Waals surface area contributed by atoms with Gasteiger partial charge in [-0.2, -0.15) is 0 Å². The Labute approximate surface area is 275 Å². The van der Waals surface area contributed by atoms with E-state index < -0.39 is 34.8 Å². The number of ether oxygens (including phenoxy) is 2. The first-order chi connectivity index (χ1) is 22.7. The zero-order chi connectivity index (χ0) is 33.2. The number of aryl methyl sites for hydroxylation is 1. The average molecular weight is 641 g/mol. The van der Waals surface area contributed by atoms with E-state index in [1.807, 2.05) is 43.3 Å². The third-order valence-corrected chi connectivity index (χ3v) is 10.5. The summed E-state index contributed by atoms with van der Waals surface area (Å²) >= 11 is 0. The quantitative estimate of drug-likeness (QED) is 0.114. The first-order valence-corrected chi connectivity index (χ1v) is 16.6. The lowest BCUT2D eigenvalue weighted by Gasteiger charge is -2.41. The summed E-state index contributed by atoms with van der Waals surface area (Å²) in [5, 5.41) is 24.5. The molecule has 0 bridgehead atoms. The van der Waals surface area contributed by atoms with Crippen molar-refractivity contribution in [2.24, 2.45) is 11.1 Å². The number of nitrogens with one attached hydrogen (secondary N) is 1. The van der Waals surface area contributed by atoms with E-state index in [1.165, 1.54) is 11.6 Å². The molecule has 3 atom stereocenters. The van der Waals surface area contributed by atoms with Crippen molar-refractivity contribution >= 4 is 17.5 Å². The number of dihydropyridines is 1. The van der Waals surface area contributed by atoms with Crippen LogP contribution in [0.2, 0.25) is 0 Å². The Morgan fingerprint density at radius 1 is 1.00 bits per heavy atom. The number of carbonyl (C=O) groups is 3. The second-order valence-corrected chi connectivity index (χ2v) is 13.5. The van der Waals surface area contributed by atoms with E-state index in [-0.39, 0.29) is 36.2 Å². The molecule has 248 valence electrons. The summed E-state index contributed by atoms with van der Waals surface area (Å²) in [7, 11) is 0. The number of epoxide rings is 1. The molecule has 0 radical (unpaired) electrons. The number of fused-ring (bicyclic) bond motifs is 2. The number of nitrogens with two attached hydrogens (primary N) is 1. The summed E-state index contributed by atoms with van der Waals surface area (Å²) in [5.41, 5.74) is 5.89. The highest BCUT2D eigenvalue weighted by Gasteiger charge is 2.85. The molecule has 6 rings (SSSR count). The molecule has 4 aliphatic rings. The van der Waals surface area contributed by atoms with Crippen molar-refractivity contribution in [3.8, 4) is 0 Å². The third-order valence-electron chi connectivity index (χ3n) is 10.5. The van der Waals surface area contributed by atoms with Crippen LogP contribution in [0.4, 0.5) is 0 Å². The molecule has 47 heavy (non-hydrogen) atoms. The lowest BCUT2D eigenvalue weighted by atomic mass is 9.64. The topological polar surface area (TPSA) is 151 Å². The summed E-state index contributed by atoms with van der Waals surface area (Å²) in [6, 6.07) is 16.0. The minimum absolute atomic E-state index is 0.0989. The van der Waals surface area contributed by atoms with Crippen molar-refractivity contribution in [2.75, 3.05) is 19.8 Å². The number of rotatable bonds is 12. The molecule has 9 heteroatoms. The van der Waals surface area contributed by atoms with Crippen LogP contribution in [0.15, 0.2) is 89.3 Å². The Bertz CT molecular complexity index is 1640. The number of benzene rings is 2. The number of carbonyl (C=O) groups excluding carboxylic acids is 3. The van der Waals surface area contributed by atoms with Crippen LogP contribution in [0.1, 0.15) is 84.6 Å². The Morgan fingerprint density at radius 2 is 1.68 bits per heavy atom. The van der Waals surface area contributed by atoms with E-state index in [2.05, 4.69) is 11.4 Å². The smallest absolute Gasteiger partial charge is 0.350 e. The van der Waals surface area contributed by atoms with Gasteiger partial charge in [-0.3, -0.25) is 9.59 Å². The number of hydrogen-bond donors (Lipinski definition) is 4. The number of hydrogen-bond acceptors (Lipinski definition) is 9. The maximum atomic E-state index is 14.2. The van der Waals surface area contributed by atoms with Gasteiger partial charge < -0.3 is 30.7 Å². The number of allylic oxidation sites excluding steroid dienone is 3. The van der Waals surface area contributed by atoms with E-state index in [0.717, 1.165) is 43.2 Å². The Morgan fingerprint density at radius 3 is 2.36 bits per heavy atom. The lowest BCUT2D eigenvalue weighted by Crippen LogP contribution is -2.51. The average Bonchev–Trinajstić information content (AvgIpc) is 3.80. The Balaban J connectivity index is 1.27. The maximum absolute atomic E-state index is 14.2. The van der Waals surface area contributed by atoms with Crippen molar-refractivity contribution in [1.82, 2.24) is 5.32 Å². The summed E-state index contributed by atoms with van der Waals surface area (Å²) in [6.45, 7) is 1.88. The largest absolute Gasteiger partial charge is 0.460 e. The minimum atomic E-state index is -2.18. The molecule has 1 saturated heterocycles. The molecule has 2 aliphatic carbocycles. The molecule has 5 N–H and O–H groups in total. The van der Waals surface area contributed by atoms with Crippen molar-refractivity contribution in [3.63, 3.8) is 0 Å². The van der Waals surface area contributed by atoms with Crippen molar-refractivity contribution in [2.45, 2.75) is 82.0 Å². The summed E-state index contributed by atoms with van der Waals surface area (Å²) in [5.74, 6) is -1.50. The number of esters is 1. The predicted octanol–water partition coefficient (Wildman–Crippen LogP) is 4.48. The normalized spacial score (nSPS) is 25.7. The van der Waals surface area contributed by atoms with Gasteiger partial charge in [0.2, 0.25) is 5.78 Å². The molecular weight excluding hydrogens is 596 g/mol. The standard InChI is InChI=1S/C38H44N2O7/c1-25(21-36(17-8-3-9-18-36)28-16-19-40-32(39)20-28)27(23-41)22-37-33(43)30-12-6-7-13-31(30)34(44)38(37,47-37)35(45)46-24-29(42)15-14-26-10-4-2-5-11-26/h2,4-7,10-13,16,20,29,40-42H,3,8-9,14-15,17-19,21-24,39H2,1H3/b27-25-/t29-,37+,38+/m1/s1. The SMILES string of the molecule is C/C(CC1(C2=CCNC(N)=C2)CCCCC1)=C(/CO)C[C@@]12O[C@]1(C(=O)OC[C@H](O)CCc1ccccc1)C(=O)c1ccccc1C2=O. The van der Waals surface area contributed by atoms with Crippen LogP contribution < -0.4 is 11.1 Å². The molecule has 0 spiro atoms. The van der Waals surface area contributed by atoms with E-state index in [1.54, 1.807) is 18.2 Å². The molecule has 2 aliphatic heterocycles. The Kier molecular flexibility index (Phi) is 9.25. The van der Waals surface area contributed by atoms with Crippen LogP contribution in [-0.4, -0.2) is 64.8 Å². The molecule has 2 aromatic rings. The predicted molar refractivity (Wildman–Crippen MR) is 176 cm³/mol. The molecule has 2 fully saturated rings. The van der Waals surface area contributed by atoms with Crippen LogP contribution in [0.25, 0.3) is 0 Å². The fourth-order valence-electron chi connectivity index (χ4n) is 7.83. The maximum Gasteiger partial charge on any atom is 0.350 e. The molecule has 0 aromatic heterocycles. The number of Topliss-reactive ketones (excluding diaryl/α,β-unsaturated/α-hetero) is 2. The fourth-order valence-corrected chi connectivity index (χ4v) is 7.83. The van der Waals surface area contributed by atoms with E-state index in [0.29, 0.717) is 37.2 Å². The van der Waals surface area contributed by atoms with Crippen LogP contribution >= 0.6 is 0 Å². The molecule has 2 aromatic carbocycles. The zero-order valence-corrected chi connectivity index (χ0v) is 26.9. The molecule has 0 unspecified atom stereocenters. The van der Waals surface area contributed by atoms with Gasteiger partial charge in [0.15, 0.2) is 11.4 Å². The molecule has 1 saturated carbocycles. The minimum Gasteiger partial charge on any atom is -0.460 e. The lowest BCUT2D eigenvalue weighted by molar-refractivity contribution is -0.151. The van der Waals surface area contributed by atoms with Crippen LogP contribution in [0, 0.1) is 5.41 Å². The number of aliphatic hydroxyl groups excluding tert-OH is 2. The van der Waals surface area contributed by atoms with Gasteiger partial charge in [0.25, 0.3) is 5.60 Å². The second-order valence-electron chi connectivity index (χ2n) is 13.5. The highest BCUT2D eigenvalue weighted by molar-refractivity contribution is 6.32. The van der Waals surface area contributed by atoms with Gasteiger partial charge in [-0.25, -0.2) is 4.79 Å². The van der Waals surface area contributed by atoms with Gasteiger partial charge in [0.1, 0.15) is 6.61 Å². The van der Waals surface area contributed by atoms with E-state index in [4.69, 9.17) is 15.2 Å². The van der Waals surface area contributed by atoms with Crippen LogP contribution in [-0.2, 0) is 20.7 Å². The fraction of sp³-hybridized carbons (Fsp3) is 0.447. The highest BCUT2D eigenvalue weighted by atomic mass is 16.7. The molecular formula is C38H44N2O7. The highest BCUT2D eigenvalue weighted by Crippen LogP contribution is 2.60.